The van der Waals surface area contributed by atoms with Gasteiger partial charge in [-0.25, -0.2) is 0 Å². The number of hydrogen-bond donors (Lipinski definition) is 2. The van der Waals surface area contributed by atoms with Crippen LogP contribution in [0.4, 0.5) is 0 Å². The number of rotatable bonds is 4. The van der Waals surface area contributed by atoms with Crippen LogP contribution in [0.1, 0.15) is 39.0 Å². The van der Waals surface area contributed by atoms with Gasteiger partial charge in [-0.2, -0.15) is 11.8 Å². The van der Waals surface area contributed by atoms with E-state index in [9.17, 15) is 4.79 Å². The van der Waals surface area contributed by atoms with Crippen LogP contribution in [-0.2, 0) is 4.79 Å². The summed E-state index contributed by atoms with van der Waals surface area (Å²) in [5.74, 6) is 2.57. The number of thioether (sulfide) groups is 1. The molecular formula is C12H22N2OS. The molecule has 2 fully saturated rings. The van der Waals surface area contributed by atoms with E-state index < -0.39 is 0 Å². The summed E-state index contributed by atoms with van der Waals surface area (Å²) in [7, 11) is 0. The molecule has 1 saturated carbocycles. The van der Waals surface area contributed by atoms with Crippen molar-refractivity contribution in [2.24, 2.45) is 0 Å². The Hall–Kier alpha value is -0.220. The third kappa shape index (κ3) is 3.39. The Morgan fingerprint density at radius 1 is 1.25 bits per heavy atom. The molecule has 1 amide bonds. The maximum Gasteiger partial charge on any atom is 0.237 e. The molecule has 2 N–H and O–H groups in total. The van der Waals surface area contributed by atoms with Crippen LogP contribution >= 0.6 is 11.8 Å². The number of nitrogens with one attached hydrogen (secondary N) is 2. The van der Waals surface area contributed by atoms with E-state index in [-0.39, 0.29) is 11.9 Å². The Bertz CT molecular complexity index is 235. The van der Waals surface area contributed by atoms with Gasteiger partial charge in [0, 0.05) is 17.8 Å². The molecule has 4 heteroatoms. The van der Waals surface area contributed by atoms with Crippen LogP contribution in [-0.4, -0.2) is 35.5 Å². The predicted molar refractivity (Wildman–Crippen MR) is 68.7 cm³/mol. The zero-order valence-corrected chi connectivity index (χ0v) is 10.8. The number of carbonyl (C=O) groups excluding carboxylic acids is 1. The largest absolute Gasteiger partial charge is 0.352 e. The lowest BCUT2D eigenvalue weighted by Gasteiger charge is -2.20. The first-order chi connectivity index (χ1) is 7.75. The average molecular weight is 242 g/mol. The van der Waals surface area contributed by atoms with Crippen molar-refractivity contribution in [3.05, 3.63) is 0 Å². The van der Waals surface area contributed by atoms with E-state index in [4.69, 9.17) is 0 Å². The van der Waals surface area contributed by atoms with Crippen LogP contribution in [0.3, 0.4) is 0 Å². The van der Waals surface area contributed by atoms with Gasteiger partial charge < -0.3 is 10.6 Å². The summed E-state index contributed by atoms with van der Waals surface area (Å²) in [6.45, 7) is 1.98. The second kappa shape index (κ2) is 5.92. The van der Waals surface area contributed by atoms with Gasteiger partial charge in [-0.3, -0.25) is 4.79 Å². The Balaban J connectivity index is 1.70. The van der Waals surface area contributed by atoms with Gasteiger partial charge in [-0.15, -0.1) is 0 Å². The molecule has 1 aliphatic carbocycles. The van der Waals surface area contributed by atoms with Gasteiger partial charge in [0.05, 0.1) is 6.04 Å². The third-order valence-electron chi connectivity index (χ3n) is 3.51. The summed E-state index contributed by atoms with van der Waals surface area (Å²) in [6.07, 6.45) is 6.07. The summed E-state index contributed by atoms with van der Waals surface area (Å²) in [5, 5.41) is 6.56. The monoisotopic (exact) mass is 242 g/mol. The molecule has 1 aliphatic heterocycles. The molecule has 92 valence electrons. The molecule has 0 bridgehead atoms. The van der Waals surface area contributed by atoms with Crippen molar-refractivity contribution < 1.29 is 4.79 Å². The first-order valence-electron chi connectivity index (χ1n) is 6.40. The van der Waals surface area contributed by atoms with E-state index in [1.165, 1.54) is 25.0 Å². The normalized spacial score (nSPS) is 28.2. The van der Waals surface area contributed by atoms with E-state index in [1.54, 1.807) is 0 Å². The fraction of sp³-hybridized carbons (Fsp3) is 0.917. The molecule has 0 radical (unpaired) electrons. The Morgan fingerprint density at radius 2 is 2.00 bits per heavy atom. The zero-order valence-electron chi connectivity index (χ0n) is 10.00. The molecule has 0 aromatic heterocycles. The van der Waals surface area contributed by atoms with Crippen LogP contribution < -0.4 is 10.6 Å². The van der Waals surface area contributed by atoms with Crippen molar-refractivity contribution in [1.29, 1.82) is 0 Å². The third-order valence-corrected chi connectivity index (χ3v) is 4.67. The minimum Gasteiger partial charge on any atom is -0.352 e. The molecule has 0 aromatic carbocycles. The van der Waals surface area contributed by atoms with Crippen LogP contribution in [0, 0.1) is 0 Å². The van der Waals surface area contributed by atoms with Crippen molar-refractivity contribution in [2.45, 2.75) is 57.2 Å². The highest BCUT2D eigenvalue weighted by Crippen LogP contribution is 2.19. The van der Waals surface area contributed by atoms with Gasteiger partial charge in [0.2, 0.25) is 5.91 Å². The van der Waals surface area contributed by atoms with E-state index in [0.717, 1.165) is 18.6 Å². The lowest BCUT2D eigenvalue weighted by molar-refractivity contribution is -0.123. The van der Waals surface area contributed by atoms with Gasteiger partial charge in [-0.1, -0.05) is 12.8 Å². The quantitative estimate of drug-likeness (QED) is 0.785. The lowest BCUT2D eigenvalue weighted by atomic mass is 10.2. The van der Waals surface area contributed by atoms with E-state index in [0.29, 0.717) is 12.1 Å². The standard InChI is InChI=1S/C12H22N2OS/c1-9(13-11-6-7-16-8-11)12(15)14-10-4-2-3-5-10/h9-11,13H,2-8H2,1H3,(H,14,15). The van der Waals surface area contributed by atoms with E-state index >= 15 is 0 Å². The summed E-state index contributed by atoms with van der Waals surface area (Å²) in [6, 6.07) is 0.938. The summed E-state index contributed by atoms with van der Waals surface area (Å²) in [5.41, 5.74) is 0. The fourth-order valence-corrected chi connectivity index (χ4v) is 3.66. The van der Waals surface area contributed by atoms with E-state index in [2.05, 4.69) is 10.6 Å². The fourth-order valence-electron chi connectivity index (χ4n) is 2.49. The molecule has 1 saturated heterocycles. The Kier molecular flexibility index (Phi) is 4.53. The second-order valence-electron chi connectivity index (χ2n) is 4.94. The van der Waals surface area contributed by atoms with Crippen molar-refractivity contribution in [3.63, 3.8) is 0 Å². The topological polar surface area (TPSA) is 41.1 Å². The summed E-state index contributed by atoms with van der Waals surface area (Å²) < 4.78 is 0. The highest BCUT2D eigenvalue weighted by atomic mass is 32.2. The van der Waals surface area contributed by atoms with Crippen LogP contribution in [0.15, 0.2) is 0 Å². The average Bonchev–Trinajstić information content (AvgIpc) is 2.90. The van der Waals surface area contributed by atoms with Crippen molar-refractivity contribution >= 4 is 17.7 Å². The second-order valence-corrected chi connectivity index (χ2v) is 6.09. The van der Waals surface area contributed by atoms with Gasteiger partial charge in [0.15, 0.2) is 0 Å². The number of carbonyl (C=O) groups is 1. The number of hydrogen-bond acceptors (Lipinski definition) is 3. The van der Waals surface area contributed by atoms with Gasteiger partial charge in [0.1, 0.15) is 0 Å². The molecule has 0 spiro atoms. The summed E-state index contributed by atoms with van der Waals surface area (Å²) >= 11 is 1.97. The van der Waals surface area contributed by atoms with Crippen LogP contribution in [0.2, 0.25) is 0 Å². The van der Waals surface area contributed by atoms with Crippen molar-refractivity contribution in [2.75, 3.05) is 11.5 Å². The molecular weight excluding hydrogens is 220 g/mol. The van der Waals surface area contributed by atoms with E-state index in [1.807, 2.05) is 18.7 Å². The molecule has 0 aromatic rings. The minimum atomic E-state index is -0.0377. The van der Waals surface area contributed by atoms with Crippen LogP contribution in [0.5, 0.6) is 0 Å². The molecule has 2 unspecified atom stereocenters. The maximum absolute atomic E-state index is 11.9. The molecule has 2 aliphatic rings. The smallest absolute Gasteiger partial charge is 0.237 e. The van der Waals surface area contributed by atoms with Gasteiger partial charge >= 0.3 is 0 Å². The lowest BCUT2D eigenvalue weighted by Crippen LogP contribution is -2.48. The minimum absolute atomic E-state index is 0.0377. The first kappa shape index (κ1) is 12.2. The molecule has 2 atom stereocenters. The Morgan fingerprint density at radius 3 is 2.62 bits per heavy atom. The zero-order chi connectivity index (χ0) is 11.4. The molecule has 1 heterocycles. The van der Waals surface area contributed by atoms with Crippen molar-refractivity contribution in [3.8, 4) is 0 Å². The van der Waals surface area contributed by atoms with Gasteiger partial charge in [-0.05, 0) is 31.9 Å². The van der Waals surface area contributed by atoms with Crippen LogP contribution in [0.25, 0.3) is 0 Å². The first-order valence-corrected chi connectivity index (χ1v) is 7.55. The van der Waals surface area contributed by atoms with Gasteiger partial charge in [0.25, 0.3) is 0 Å². The molecule has 3 nitrogen and oxygen atoms in total. The molecule has 16 heavy (non-hydrogen) atoms. The Labute approximate surface area is 102 Å². The predicted octanol–water partition coefficient (Wildman–Crippen LogP) is 1.53. The highest BCUT2D eigenvalue weighted by Gasteiger charge is 2.23. The SMILES string of the molecule is CC(NC1CCSC1)C(=O)NC1CCCC1. The maximum atomic E-state index is 11.9. The number of amides is 1. The highest BCUT2D eigenvalue weighted by molar-refractivity contribution is 7.99. The summed E-state index contributed by atoms with van der Waals surface area (Å²) in [4.78, 5) is 11.9. The molecule has 2 rings (SSSR count). The van der Waals surface area contributed by atoms with Crippen molar-refractivity contribution in [1.82, 2.24) is 10.6 Å².